The number of nitrogens with zero attached hydrogens (tertiary/aromatic N) is 3. The molecule has 33 heavy (non-hydrogen) atoms. The molecule has 4 rings (SSSR count). The van der Waals surface area contributed by atoms with Crippen LogP contribution < -0.4 is 15.6 Å². The Bertz CT molecular complexity index is 1320. The third kappa shape index (κ3) is 6.06. The van der Waals surface area contributed by atoms with Crippen molar-refractivity contribution in [3.8, 4) is 5.75 Å². The number of amides is 1. The molecule has 168 valence electrons. The summed E-state index contributed by atoms with van der Waals surface area (Å²) >= 11 is 7.58. The number of carbonyl (C=O) groups is 1. The van der Waals surface area contributed by atoms with Gasteiger partial charge in [0.2, 0.25) is 0 Å². The minimum atomic E-state index is -0.438. The summed E-state index contributed by atoms with van der Waals surface area (Å²) in [5, 5.41) is 8.09. The number of hydrogen-bond donors (Lipinski definition) is 1. The summed E-state index contributed by atoms with van der Waals surface area (Å²) in [6.45, 7) is 2.43. The quantitative estimate of drug-likeness (QED) is 0.399. The number of halogens is 1. The standard InChI is InChI=1S/C24H21ClN4O3S/c1-16-7-8-17(14-20(16)25)13-19-15-26-24(33-19)27-23(31)21-9-10-22(30)29(28-21)11-12-32-18-5-3-2-4-6-18/h2-10,14-15H,11-13H2,1H3,(H,26,27,31). The van der Waals surface area contributed by atoms with Gasteiger partial charge in [0, 0.05) is 28.6 Å². The van der Waals surface area contributed by atoms with E-state index in [1.807, 2.05) is 55.5 Å². The Morgan fingerprint density at radius 1 is 1.15 bits per heavy atom. The molecule has 9 heteroatoms. The lowest BCUT2D eigenvalue weighted by Gasteiger charge is -2.08. The van der Waals surface area contributed by atoms with Gasteiger partial charge < -0.3 is 4.74 Å². The summed E-state index contributed by atoms with van der Waals surface area (Å²) in [5.41, 5.74) is 1.91. The van der Waals surface area contributed by atoms with Crippen LogP contribution >= 0.6 is 22.9 Å². The van der Waals surface area contributed by atoms with Crippen molar-refractivity contribution in [2.75, 3.05) is 11.9 Å². The average Bonchev–Trinajstić information content (AvgIpc) is 3.25. The topological polar surface area (TPSA) is 86.1 Å². The van der Waals surface area contributed by atoms with Gasteiger partial charge in [-0.2, -0.15) is 5.10 Å². The Hall–Kier alpha value is -3.49. The predicted molar refractivity (Wildman–Crippen MR) is 129 cm³/mol. The molecular weight excluding hydrogens is 460 g/mol. The molecular formula is C24H21ClN4O3S. The van der Waals surface area contributed by atoms with Crippen LogP contribution in [0.25, 0.3) is 0 Å². The van der Waals surface area contributed by atoms with E-state index in [1.165, 1.54) is 28.2 Å². The van der Waals surface area contributed by atoms with Gasteiger partial charge in [-0.15, -0.1) is 11.3 Å². The van der Waals surface area contributed by atoms with E-state index < -0.39 is 5.91 Å². The van der Waals surface area contributed by atoms with Crippen LogP contribution in [-0.4, -0.2) is 27.3 Å². The van der Waals surface area contributed by atoms with E-state index in [2.05, 4.69) is 15.4 Å². The Morgan fingerprint density at radius 3 is 2.76 bits per heavy atom. The van der Waals surface area contributed by atoms with Crippen LogP contribution in [0, 0.1) is 6.92 Å². The van der Waals surface area contributed by atoms with E-state index in [9.17, 15) is 9.59 Å². The van der Waals surface area contributed by atoms with Crippen molar-refractivity contribution in [3.05, 3.63) is 104 Å². The number of rotatable bonds is 8. The monoisotopic (exact) mass is 480 g/mol. The molecule has 2 aromatic heterocycles. The highest BCUT2D eigenvalue weighted by Crippen LogP contribution is 2.24. The van der Waals surface area contributed by atoms with E-state index in [-0.39, 0.29) is 24.4 Å². The van der Waals surface area contributed by atoms with Gasteiger partial charge in [-0.3, -0.25) is 14.9 Å². The predicted octanol–water partition coefficient (Wildman–Crippen LogP) is 4.58. The molecule has 0 unspecified atom stereocenters. The van der Waals surface area contributed by atoms with Gasteiger partial charge in [0.1, 0.15) is 18.1 Å². The molecule has 0 saturated carbocycles. The lowest BCUT2D eigenvalue weighted by molar-refractivity contribution is 0.101. The summed E-state index contributed by atoms with van der Waals surface area (Å²) in [6.07, 6.45) is 2.39. The zero-order chi connectivity index (χ0) is 23.2. The second-order valence-corrected chi connectivity index (χ2v) is 8.81. The van der Waals surface area contributed by atoms with Crippen LogP contribution in [0.15, 0.2) is 71.7 Å². The molecule has 0 aliphatic rings. The normalized spacial score (nSPS) is 10.7. The first-order chi connectivity index (χ1) is 16.0. The second kappa shape index (κ2) is 10.4. The molecule has 0 aliphatic heterocycles. The maximum absolute atomic E-state index is 12.7. The number of thiazole rings is 1. The highest BCUT2D eigenvalue weighted by Gasteiger charge is 2.13. The molecule has 4 aromatic rings. The Kier molecular flexibility index (Phi) is 7.16. The van der Waals surface area contributed by atoms with E-state index in [0.29, 0.717) is 17.3 Å². The molecule has 2 heterocycles. The third-order valence-electron chi connectivity index (χ3n) is 4.80. The molecule has 1 N–H and O–H groups in total. The number of benzene rings is 2. The fourth-order valence-corrected chi connectivity index (χ4v) is 4.10. The van der Waals surface area contributed by atoms with Crippen molar-refractivity contribution >= 4 is 34.0 Å². The number of ether oxygens (including phenoxy) is 1. The van der Waals surface area contributed by atoms with Gasteiger partial charge in [-0.25, -0.2) is 9.67 Å². The fraction of sp³-hybridized carbons (Fsp3) is 0.167. The molecule has 0 bridgehead atoms. The first-order valence-electron chi connectivity index (χ1n) is 10.2. The molecule has 0 radical (unpaired) electrons. The number of hydrogen-bond acceptors (Lipinski definition) is 6. The van der Waals surface area contributed by atoms with Crippen LogP contribution in [0.4, 0.5) is 5.13 Å². The number of nitrogens with one attached hydrogen (secondary N) is 1. The smallest absolute Gasteiger partial charge is 0.277 e. The zero-order valence-corrected chi connectivity index (χ0v) is 19.4. The maximum Gasteiger partial charge on any atom is 0.277 e. The van der Waals surface area contributed by atoms with Crippen molar-refractivity contribution in [2.45, 2.75) is 19.9 Å². The lowest BCUT2D eigenvalue weighted by atomic mass is 10.1. The Labute approximate surface area is 199 Å². The Morgan fingerprint density at radius 2 is 1.97 bits per heavy atom. The Balaban J connectivity index is 1.37. The SMILES string of the molecule is Cc1ccc(Cc2cnc(NC(=O)c3ccc(=O)n(CCOc4ccccc4)n3)s2)cc1Cl. The van der Waals surface area contributed by atoms with Gasteiger partial charge in [0.15, 0.2) is 5.13 Å². The highest BCUT2D eigenvalue weighted by molar-refractivity contribution is 7.15. The van der Waals surface area contributed by atoms with E-state index in [1.54, 1.807) is 6.20 Å². The number of aryl methyl sites for hydroxylation is 1. The first kappa shape index (κ1) is 22.7. The van der Waals surface area contributed by atoms with E-state index in [4.69, 9.17) is 16.3 Å². The van der Waals surface area contributed by atoms with E-state index in [0.717, 1.165) is 21.0 Å². The van der Waals surface area contributed by atoms with Crippen LogP contribution in [0.5, 0.6) is 5.75 Å². The number of para-hydroxylation sites is 1. The van der Waals surface area contributed by atoms with Gasteiger partial charge in [-0.05, 0) is 42.3 Å². The maximum atomic E-state index is 12.7. The zero-order valence-electron chi connectivity index (χ0n) is 17.8. The number of anilines is 1. The fourth-order valence-electron chi connectivity index (χ4n) is 3.05. The summed E-state index contributed by atoms with van der Waals surface area (Å²) in [5.74, 6) is 0.263. The number of carbonyl (C=O) groups excluding carboxylic acids is 1. The van der Waals surface area contributed by atoms with E-state index >= 15 is 0 Å². The van der Waals surface area contributed by atoms with Crippen molar-refractivity contribution in [3.63, 3.8) is 0 Å². The second-order valence-electron chi connectivity index (χ2n) is 7.29. The summed E-state index contributed by atoms with van der Waals surface area (Å²) in [6, 6.07) is 17.9. The molecule has 0 spiro atoms. The van der Waals surface area contributed by atoms with Crippen molar-refractivity contribution in [1.82, 2.24) is 14.8 Å². The van der Waals surface area contributed by atoms with Crippen LogP contribution in [0.1, 0.15) is 26.5 Å². The van der Waals surface area contributed by atoms with Crippen LogP contribution in [-0.2, 0) is 13.0 Å². The minimum Gasteiger partial charge on any atom is -0.492 e. The molecule has 2 aromatic carbocycles. The van der Waals surface area contributed by atoms with Gasteiger partial charge >= 0.3 is 0 Å². The summed E-state index contributed by atoms with van der Waals surface area (Å²) in [4.78, 5) is 30.0. The number of aromatic nitrogens is 3. The molecule has 0 fully saturated rings. The third-order valence-corrected chi connectivity index (χ3v) is 6.12. The lowest BCUT2D eigenvalue weighted by Crippen LogP contribution is -2.28. The van der Waals surface area contributed by atoms with Crippen molar-refractivity contribution < 1.29 is 9.53 Å². The minimum absolute atomic E-state index is 0.122. The van der Waals surface area contributed by atoms with Crippen LogP contribution in [0.3, 0.4) is 0 Å². The largest absolute Gasteiger partial charge is 0.492 e. The van der Waals surface area contributed by atoms with Crippen molar-refractivity contribution in [1.29, 1.82) is 0 Å². The molecule has 7 nitrogen and oxygen atoms in total. The first-order valence-corrected chi connectivity index (χ1v) is 11.4. The summed E-state index contributed by atoms with van der Waals surface area (Å²) < 4.78 is 6.82. The molecule has 0 atom stereocenters. The van der Waals surface area contributed by atoms with Gasteiger partial charge in [-0.1, -0.05) is 41.9 Å². The highest BCUT2D eigenvalue weighted by atomic mass is 35.5. The van der Waals surface area contributed by atoms with Crippen molar-refractivity contribution in [2.24, 2.45) is 0 Å². The van der Waals surface area contributed by atoms with Crippen LogP contribution in [0.2, 0.25) is 5.02 Å². The summed E-state index contributed by atoms with van der Waals surface area (Å²) in [7, 11) is 0. The molecule has 0 saturated heterocycles. The van der Waals surface area contributed by atoms with Gasteiger partial charge in [0.25, 0.3) is 11.5 Å². The molecule has 1 amide bonds. The van der Waals surface area contributed by atoms with Gasteiger partial charge in [0.05, 0.1) is 6.54 Å². The average molecular weight is 481 g/mol. The molecule has 0 aliphatic carbocycles.